The van der Waals surface area contributed by atoms with Gasteiger partial charge in [0.25, 0.3) is 10.9 Å². The summed E-state index contributed by atoms with van der Waals surface area (Å²) in [7, 11) is 1.66. The van der Waals surface area contributed by atoms with E-state index in [1.54, 1.807) is 7.11 Å². The SMILES string of the molecule is C=C[C@H]1CN2CC[C@H]1C[C@@H]2[C@H](Nc1c(Nc2cc(C)cc(C)c2)c(=O)c1=O)c1ccnc2ccc(OC)cc12. The Morgan fingerprint density at radius 2 is 1.85 bits per heavy atom. The lowest BCUT2D eigenvalue weighted by atomic mass is 9.73. The molecule has 7 nitrogen and oxygen atoms in total. The predicted octanol–water partition coefficient (Wildman–Crippen LogP) is 5.25. The Hall–Kier alpha value is -3.97. The van der Waals surface area contributed by atoms with Crippen molar-refractivity contribution in [2.45, 2.75) is 38.8 Å². The second-order valence-corrected chi connectivity index (χ2v) is 11.1. The smallest absolute Gasteiger partial charge is 0.253 e. The molecule has 3 aliphatic heterocycles. The van der Waals surface area contributed by atoms with Crippen LogP contribution in [0.5, 0.6) is 5.75 Å². The van der Waals surface area contributed by atoms with E-state index in [0.29, 0.717) is 23.2 Å². The first-order chi connectivity index (χ1) is 18.9. The normalized spacial score (nSPS) is 23.1. The van der Waals surface area contributed by atoms with Crippen molar-refractivity contribution in [1.29, 1.82) is 0 Å². The van der Waals surface area contributed by atoms with E-state index in [0.717, 1.165) is 65.0 Å². The van der Waals surface area contributed by atoms with Crippen LogP contribution >= 0.6 is 0 Å². The average Bonchev–Trinajstić information content (AvgIpc) is 2.95. The monoisotopic (exact) mass is 522 g/mol. The lowest BCUT2D eigenvalue weighted by Crippen LogP contribution is -2.56. The number of fused-ring (bicyclic) bond motifs is 4. The topological polar surface area (TPSA) is 83.6 Å². The number of nitrogens with one attached hydrogen (secondary N) is 2. The number of nitrogens with zero attached hydrogens (tertiary/aromatic N) is 2. The molecule has 3 saturated heterocycles. The van der Waals surface area contributed by atoms with E-state index in [-0.39, 0.29) is 12.1 Å². The molecule has 5 atom stereocenters. The highest BCUT2D eigenvalue weighted by Gasteiger charge is 2.43. The van der Waals surface area contributed by atoms with Gasteiger partial charge in [0.15, 0.2) is 0 Å². The van der Waals surface area contributed by atoms with Gasteiger partial charge in [0, 0.05) is 29.9 Å². The Morgan fingerprint density at radius 3 is 2.54 bits per heavy atom. The van der Waals surface area contributed by atoms with Crippen LogP contribution in [0.2, 0.25) is 0 Å². The van der Waals surface area contributed by atoms with Crippen LogP contribution in [0, 0.1) is 25.7 Å². The predicted molar refractivity (Wildman–Crippen MR) is 157 cm³/mol. The highest BCUT2D eigenvalue weighted by molar-refractivity contribution is 5.85. The van der Waals surface area contributed by atoms with Crippen molar-refractivity contribution in [3.63, 3.8) is 0 Å². The van der Waals surface area contributed by atoms with Crippen molar-refractivity contribution in [2.75, 3.05) is 30.8 Å². The molecule has 2 N–H and O–H groups in total. The molecular formula is C32H34N4O3. The van der Waals surface area contributed by atoms with Crippen LogP contribution in [0.25, 0.3) is 10.9 Å². The molecule has 2 bridgehead atoms. The molecule has 1 unspecified atom stereocenters. The van der Waals surface area contributed by atoms with Crippen LogP contribution in [0.15, 0.2) is 70.9 Å². The molecule has 0 saturated carbocycles. The van der Waals surface area contributed by atoms with E-state index < -0.39 is 10.9 Å². The molecule has 200 valence electrons. The van der Waals surface area contributed by atoms with E-state index in [2.05, 4.69) is 39.2 Å². The summed E-state index contributed by atoms with van der Waals surface area (Å²) < 4.78 is 5.54. The molecule has 7 rings (SSSR count). The number of aromatic nitrogens is 1. The Balaban J connectivity index is 1.43. The Bertz CT molecular complexity index is 1620. The number of rotatable bonds is 8. The minimum absolute atomic E-state index is 0.148. The maximum Gasteiger partial charge on any atom is 0.253 e. The van der Waals surface area contributed by atoms with Crippen molar-refractivity contribution in [1.82, 2.24) is 9.88 Å². The summed E-state index contributed by atoms with van der Waals surface area (Å²) >= 11 is 0. The van der Waals surface area contributed by atoms with Gasteiger partial charge in [0.2, 0.25) is 0 Å². The second kappa shape index (κ2) is 9.97. The first kappa shape index (κ1) is 25.3. The fraction of sp³-hybridized carbons (Fsp3) is 0.344. The van der Waals surface area contributed by atoms with Crippen LogP contribution in [-0.4, -0.2) is 36.1 Å². The number of hydrogen-bond acceptors (Lipinski definition) is 7. The van der Waals surface area contributed by atoms with Gasteiger partial charge in [0.1, 0.15) is 17.1 Å². The molecule has 4 heterocycles. The second-order valence-electron chi connectivity index (χ2n) is 11.1. The number of ether oxygens (including phenoxy) is 1. The molecular weight excluding hydrogens is 488 g/mol. The minimum atomic E-state index is -0.492. The summed E-state index contributed by atoms with van der Waals surface area (Å²) in [5, 5.41) is 7.79. The quantitative estimate of drug-likeness (QED) is 0.242. The van der Waals surface area contributed by atoms with Crippen LogP contribution in [0.1, 0.15) is 35.6 Å². The molecule has 1 aromatic heterocycles. The molecule has 0 aliphatic carbocycles. The number of pyridine rings is 1. The van der Waals surface area contributed by atoms with Crippen molar-refractivity contribution in [3.05, 3.63) is 98.5 Å². The third-order valence-electron chi connectivity index (χ3n) is 8.56. The lowest BCUT2D eigenvalue weighted by molar-refractivity contribution is 0.0105. The summed E-state index contributed by atoms with van der Waals surface area (Å²) in [6.07, 6.45) is 6.03. The molecule has 3 fully saturated rings. The molecule has 3 aliphatic rings. The number of benzene rings is 2. The summed E-state index contributed by atoms with van der Waals surface area (Å²) in [6, 6.07) is 13.9. The van der Waals surface area contributed by atoms with Gasteiger partial charge in [-0.2, -0.15) is 0 Å². The van der Waals surface area contributed by atoms with Gasteiger partial charge in [-0.1, -0.05) is 12.1 Å². The molecule has 7 heteroatoms. The third-order valence-corrected chi connectivity index (χ3v) is 8.56. The maximum absolute atomic E-state index is 13.0. The van der Waals surface area contributed by atoms with Gasteiger partial charge < -0.3 is 15.4 Å². The summed E-state index contributed by atoms with van der Waals surface area (Å²) in [5.41, 5.74) is 4.57. The number of methoxy groups -OCH3 is 1. The molecule has 0 radical (unpaired) electrons. The van der Waals surface area contributed by atoms with Crippen molar-refractivity contribution in [3.8, 4) is 5.75 Å². The van der Waals surface area contributed by atoms with Crippen LogP contribution in [0.3, 0.4) is 0 Å². The van der Waals surface area contributed by atoms with E-state index >= 15 is 0 Å². The first-order valence-electron chi connectivity index (χ1n) is 13.6. The van der Waals surface area contributed by atoms with E-state index in [4.69, 9.17) is 4.74 Å². The van der Waals surface area contributed by atoms with Crippen LogP contribution < -0.4 is 26.2 Å². The standard InChI is InChI=1S/C32H34N4O3/c1-5-20-17-36-11-9-21(20)15-27(36)28(24-8-10-33-26-7-6-23(39-4)16-25(24)26)35-30-29(31(37)32(30)38)34-22-13-18(2)12-19(3)14-22/h5-8,10,12-14,16,20-21,27-28,34-35H,1,9,11,15,17H2,2-4H3/t20-,21-,27+,28+/m0/s1. The lowest BCUT2D eigenvalue weighted by Gasteiger charge is -2.52. The molecule has 3 aromatic carbocycles. The molecule has 4 aromatic rings. The van der Waals surface area contributed by atoms with Gasteiger partial charge >= 0.3 is 0 Å². The zero-order valence-electron chi connectivity index (χ0n) is 22.7. The highest BCUT2D eigenvalue weighted by Crippen LogP contribution is 2.44. The first-order valence-corrected chi connectivity index (χ1v) is 13.6. The van der Waals surface area contributed by atoms with Gasteiger partial charge in [-0.15, -0.1) is 6.58 Å². The van der Waals surface area contributed by atoms with Crippen molar-refractivity contribution in [2.24, 2.45) is 11.8 Å². The van der Waals surface area contributed by atoms with Crippen LogP contribution in [0.4, 0.5) is 17.1 Å². The van der Waals surface area contributed by atoms with Crippen molar-refractivity contribution >= 4 is 28.0 Å². The molecule has 0 spiro atoms. The molecule has 0 amide bonds. The summed E-state index contributed by atoms with van der Waals surface area (Å²) in [4.78, 5) is 32.9. The largest absolute Gasteiger partial charge is 0.497 e. The zero-order chi connectivity index (χ0) is 27.3. The van der Waals surface area contributed by atoms with Gasteiger partial charge in [0.05, 0.1) is 18.7 Å². The summed E-state index contributed by atoms with van der Waals surface area (Å²) in [6.45, 7) is 10.1. The van der Waals surface area contributed by atoms with E-state index in [1.165, 1.54) is 0 Å². The van der Waals surface area contributed by atoms with E-state index in [1.807, 2.05) is 56.4 Å². The zero-order valence-corrected chi connectivity index (χ0v) is 22.7. The Kier molecular flexibility index (Phi) is 6.47. The van der Waals surface area contributed by atoms with Gasteiger partial charge in [-0.05, 0) is 98.2 Å². The number of piperidine rings is 3. The highest BCUT2D eigenvalue weighted by atomic mass is 16.5. The third kappa shape index (κ3) is 4.51. The Labute approximate surface area is 228 Å². The fourth-order valence-corrected chi connectivity index (χ4v) is 6.65. The number of aryl methyl sites for hydroxylation is 2. The average molecular weight is 523 g/mol. The maximum atomic E-state index is 13.0. The van der Waals surface area contributed by atoms with Gasteiger partial charge in [-0.25, -0.2) is 0 Å². The minimum Gasteiger partial charge on any atom is -0.497 e. The van der Waals surface area contributed by atoms with E-state index in [9.17, 15) is 9.59 Å². The number of hydrogen-bond donors (Lipinski definition) is 2. The fourth-order valence-electron chi connectivity index (χ4n) is 6.65. The van der Waals surface area contributed by atoms with Gasteiger partial charge in [-0.3, -0.25) is 19.5 Å². The van der Waals surface area contributed by atoms with Crippen molar-refractivity contribution < 1.29 is 4.74 Å². The number of anilines is 3. The molecule has 39 heavy (non-hydrogen) atoms. The van der Waals surface area contributed by atoms with Crippen LogP contribution in [-0.2, 0) is 0 Å². The summed E-state index contributed by atoms with van der Waals surface area (Å²) in [5.74, 6) is 1.77. The Morgan fingerprint density at radius 1 is 1.08 bits per heavy atom.